The lowest BCUT2D eigenvalue weighted by molar-refractivity contribution is 0.193. The Balaban J connectivity index is 2.25. The maximum Gasteiger partial charge on any atom is 0.0474 e. The molecule has 0 spiro atoms. The molecule has 1 aromatic rings. The van der Waals surface area contributed by atoms with Gasteiger partial charge in [-0.25, -0.2) is 0 Å². The molecule has 1 N–H and O–H groups in total. The standard InChI is InChI=1S/C12H21NOS/c1-12(2,11-6-4-9-15-11)10-13-7-5-8-14-3/h4,6,9,13H,5,7-8,10H2,1-3H3. The van der Waals surface area contributed by atoms with Gasteiger partial charge in [-0.15, -0.1) is 11.3 Å². The Kier molecular flexibility index (Phi) is 5.29. The SMILES string of the molecule is COCCCNCC(C)(C)c1cccs1. The molecule has 0 aliphatic carbocycles. The molecule has 0 saturated carbocycles. The van der Waals surface area contributed by atoms with Gasteiger partial charge < -0.3 is 10.1 Å². The molecule has 0 aromatic carbocycles. The van der Waals surface area contributed by atoms with Gasteiger partial charge in [0.15, 0.2) is 0 Å². The molecular formula is C12H21NOS. The quantitative estimate of drug-likeness (QED) is 0.723. The highest BCUT2D eigenvalue weighted by atomic mass is 32.1. The van der Waals surface area contributed by atoms with Crippen LogP contribution in [0.15, 0.2) is 17.5 Å². The van der Waals surface area contributed by atoms with Crippen molar-refractivity contribution < 1.29 is 4.74 Å². The molecule has 0 saturated heterocycles. The van der Waals surface area contributed by atoms with E-state index in [9.17, 15) is 0 Å². The van der Waals surface area contributed by atoms with Gasteiger partial charge in [0.05, 0.1) is 0 Å². The summed E-state index contributed by atoms with van der Waals surface area (Å²) in [6.45, 7) is 7.45. The van der Waals surface area contributed by atoms with Crippen LogP contribution in [0.25, 0.3) is 0 Å². The highest BCUT2D eigenvalue weighted by molar-refractivity contribution is 7.10. The minimum Gasteiger partial charge on any atom is -0.385 e. The summed E-state index contributed by atoms with van der Waals surface area (Å²) in [5.41, 5.74) is 0.237. The third-order valence-electron chi connectivity index (χ3n) is 2.46. The van der Waals surface area contributed by atoms with Gasteiger partial charge in [0.25, 0.3) is 0 Å². The highest BCUT2D eigenvalue weighted by Gasteiger charge is 2.20. The second kappa shape index (κ2) is 6.26. The molecule has 1 heterocycles. The smallest absolute Gasteiger partial charge is 0.0474 e. The molecule has 0 unspecified atom stereocenters. The van der Waals surface area contributed by atoms with Crippen molar-refractivity contribution in [3.63, 3.8) is 0 Å². The van der Waals surface area contributed by atoms with Crippen LogP contribution < -0.4 is 5.32 Å². The van der Waals surface area contributed by atoms with Crippen LogP contribution in [0.2, 0.25) is 0 Å². The van der Waals surface area contributed by atoms with E-state index in [1.165, 1.54) is 4.88 Å². The van der Waals surface area contributed by atoms with Gasteiger partial charge in [-0.05, 0) is 24.4 Å². The van der Waals surface area contributed by atoms with Gasteiger partial charge >= 0.3 is 0 Å². The summed E-state index contributed by atoms with van der Waals surface area (Å²) in [7, 11) is 1.75. The first-order valence-electron chi connectivity index (χ1n) is 5.40. The number of ether oxygens (including phenoxy) is 1. The Labute approximate surface area is 96.7 Å². The van der Waals surface area contributed by atoms with Crippen molar-refractivity contribution >= 4 is 11.3 Å². The largest absolute Gasteiger partial charge is 0.385 e. The normalized spacial score (nSPS) is 11.9. The van der Waals surface area contributed by atoms with Crippen molar-refractivity contribution in [2.75, 3.05) is 26.8 Å². The van der Waals surface area contributed by atoms with E-state index in [2.05, 4.69) is 36.7 Å². The van der Waals surface area contributed by atoms with Crippen LogP contribution in [-0.4, -0.2) is 26.8 Å². The summed E-state index contributed by atoms with van der Waals surface area (Å²) in [6, 6.07) is 4.33. The molecule has 0 atom stereocenters. The Morgan fingerprint density at radius 1 is 1.47 bits per heavy atom. The van der Waals surface area contributed by atoms with Gasteiger partial charge in [-0.3, -0.25) is 0 Å². The summed E-state index contributed by atoms with van der Waals surface area (Å²) in [4.78, 5) is 1.45. The monoisotopic (exact) mass is 227 g/mol. The van der Waals surface area contributed by atoms with E-state index in [-0.39, 0.29) is 5.41 Å². The summed E-state index contributed by atoms with van der Waals surface area (Å²) >= 11 is 1.83. The number of hydrogen-bond acceptors (Lipinski definition) is 3. The molecule has 3 heteroatoms. The molecular weight excluding hydrogens is 206 g/mol. The van der Waals surface area contributed by atoms with E-state index in [1.807, 2.05) is 11.3 Å². The van der Waals surface area contributed by atoms with E-state index in [0.717, 1.165) is 26.1 Å². The number of thiophene rings is 1. The Morgan fingerprint density at radius 2 is 2.27 bits per heavy atom. The minimum absolute atomic E-state index is 0.237. The fourth-order valence-electron chi connectivity index (χ4n) is 1.49. The van der Waals surface area contributed by atoms with Gasteiger partial charge in [-0.2, -0.15) is 0 Å². The fourth-order valence-corrected chi connectivity index (χ4v) is 2.35. The van der Waals surface area contributed by atoms with Crippen LogP contribution in [0.3, 0.4) is 0 Å². The number of rotatable bonds is 7. The third-order valence-corrected chi connectivity index (χ3v) is 3.69. The van der Waals surface area contributed by atoms with Gasteiger partial charge in [0, 0.05) is 30.6 Å². The van der Waals surface area contributed by atoms with Gasteiger partial charge in [0.1, 0.15) is 0 Å². The molecule has 0 aliphatic rings. The minimum atomic E-state index is 0.237. The summed E-state index contributed by atoms with van der Waals surface area (Å²) in [5, 5.41) is 5.62. The van der Waals surface area contributed by atoms with Crippen molar-refractivity contribution in [3.05, 3.63) is 22.4 Å². The average molecular weight is 227 g/mol. The zero-order chi connectivity index (χ0) is 11.1. The molecule has 0 radical (unpaired) electrons. The number of methoxy groups -OCH3 is 1. The molecule has 1 rings (SSSR count). The third kappa shape index (κ3) is 4.33. The number of nitrogens with one attached hydrogen (secondary N) is 1. The van der Waals surface area contributed by atoms with Crippen molar-refractivity contribution in [2.45, 2.75) is 25.7 Å². The zero-order valence-electron chi connectivity index (χ0n) is 9.88. The predicted octanol–water partition coefficient (Wildman–Crippen LogP) is 2.65. The van der Waals surface area contributed by atoms with Crippen LogP contribution in [0.5, 0.6) is 0 Å². The van der Waals surface area contributed by atoms with Crippen molar-refractivity contribution in [3.8, 4) is 0 Å². The Morgan fingerprint density at radius 3 is 2.87 bits per heavy atom. The summed E-state index contributed by atoms with van der Waals surface area (Å²) in [6.07, 6.45) is 1.08. The lowest BCUT2D eigenvalue weighted by Gasteiger charge is -2.23. The molecule has 86 valence electrons. The molecule has 1 aromatic heterocycles. The number of hydrogen-bond donors (Lipinski definition) is 1. The van der Waals surface area contributed by atoms with Crippen LogP contribution in [0, 0.1) is 0 Å². The first-order chi connectivity index (χ1) is 7.17. The van der Waals surface area contributed by atoms with E-state index < -0.39 is 0 Å². The van der Waals surface area contributed by atoms with Crippen LogP contribution in [0.1, 0.15) is 25.1 Å². The second-order valence-electron chi connectivity index (χ2n) is 4.38. The first-order valence-corrected chi connectivity index (χ1v) is 6.28. The summed E-state index contributed by atoms with van der Waals surface area (Å²) < 4.78 is 5.01. The first kappa shape index (κ1) is 12.7. The van der Waals surface area contributed by atoms with Crippen LogP contribution in [-0.2, 0) is 10.2 Å². The second-order valence-corrected chi connectivity index (χ2v) is 5.33. The van der Waals surface area contributed by atoms with E-state index in [0.29, 0.717) is 0 Å². The van der Waals surface area contributed by atoms with E-state index in [4.69, 9.17) is 4.74 Å². The maximum absolute atomic E-state index is 5.01. The highest BCUT2D eigenvalue weighted by Crippen LogP contribution is 2.26. The van der Waals surface area contributed by atoms with Gasteiger partial charge in [0.2, 0.25) is 0 Å². The van der Waals surface area contributed by atoms with Crippen molar-refractivity contribution in [2.24, 2.45) is 0 Å². The Bertz CT molecular complexity index is 257. The molecule has 15 heavy (non-hydrogen) atoms. The van der Waals surface area contributed by atoms with Crippen LogP contribution in [0.4, 0.5) is 0 Å². The fraction of sp³-hybridized carbons (Fsp3) is 0.667. The van der Waals surface area contributed by atoms with Crippen molar-refractivity contribution in [1.29, 1.82) is 0 Å². The molecule has 2 nitrogen and oxygen atoms in total. The lowest BCUT2D eigenvalue weighted by atomic mass is 9.91. The van der Waals surface area contributed by atoms with Gasteiger partial charge in [-0.1, -0.05) is 19.9 Å². The molecule has 0 aliphatic heterocycles. The molecule has 0 fully saturated rings. The Hall–Kier alpha value is -0.380. The average Bonchev–Trinajstić information content (AvgIpc) is 2.70. The van der Waals surface area contributed by atoms with E-state index >= 15 is 0 Å². The van der Waals surface area contributed by atoms with Crippen molar-refractivity contribution in [1.82, 2.24) is 5.32 Å². The zero-order valence-corrected chi connectivity index (χ0v) is 10.7. The topological polar surface area (TPSA) is 21.3 Å². The van der Waals surface area contributed by atoms with E-state index in [1.54, 1.807) is 7.11 Å². The molecule has 0 bridgehead atoms. The maximum atomic E-state index is 5.01. The predicted molar refractivity (Wildman–Crippen MR) is 66.7 cm³/mol. The summed E-state index contributed by atoms with van der Waals surface area (Å²) in [5.74, 6) is 0. The van der Waals surface area contributed by atoms with Crippen LogP contribution >= 0.6 is 11.3 Å². The molecule has 0 amide bonds. The lowest BCUT2D eigenvalue weighted by Crippen LogP contribution is -2.33.